The first-order valence-electron chi connectivity index (χ1n) is 18.7. The molecule has 18 heteroatoms. The minimum absolute atomic E-state index is 0.0519. The summed E-state index contributed by atoms with van der Waals surface area (Å²) in [5, 5.41) is 6.50. The Morgan fingerprint density at radius 1 is 0.559 bits per heavy atom. The van der Waals surface area contributed by atoms with E-state index in [1.54, 1.807) is 46.9 Å². The van der Waals surface area contributed by atoms with Gasteiger partial charge in [-0.3, -0.25) is 0 Å². The Morgan fingerprint density at radius 3 is 1.34 bits per heavy atom. The number of thiazole rings is 2. The quantitative estimate of drug-likeness (QED) is 0.141. The van der Waals surface area contributed by atoms with E-state index in [1.807, 2.05) is 10.8 Å². The highest BCUT2D eigenvalue weighted by Crippen LogP contribution is 2.35. The molecule has 4 aromatic carbocycles. The van der Waals surface area contributed by atoms with Crippen LogP contribution in [0.2, 0.25) is 20.1 Å². The van der Waals surface area contributed by atoms with E-state index in [0.29, 0.717) is 52.4 Å². The molecule has 6 aromatic rings. The minimum atomic E-state index is -3.69. The molecule has 0 N–H and O–H groups in total. The van der Waals surface area contributed by atoms with Crippen LogP contribution in [0.5, 0.6) is 0 Å². The third kappa shape index (κ3) is 9.78. The van der Waals surface area contributed by atoms with Crippen LogP contribution in [0.15, 0.2) is 105 Å². The van der Waals surface area contributed by atoms with E-state index >= 15 is 0 Å². The zero-order valence-corrected chi connectivity index (χ0v) is 38.4. The van der Waals surface area contributed by atoms with E-state index in [0.717, 1.165) is 39.2 Å². The lowest BCUT2D eigenvalue weighted by Crippen LogP contribution is -2.48. The second-order valence-corrected chi connectivity index (χ2v) is 20.9. The molecule has 310 valence electrons. The molecule has 2 aliphatic heterocycles. The normalized spacial score (nSPS) is 15.6. The van der Waals surface area contributed by atoms with Crippen molar-refractivity contribution in [1.29, 1.82) is 0 Å². The second-order valence-electron chi connectivity index (χ2n) is 13.8. The Kier molecular flexibility index (Phi) is 13.9. The Bertz CT molecular complexity index is 2630. The van der Waals surface area contributed by atoms with Crippen LogP contribution in [0.3, 0.4) is 0 Å². The van der Waals surface area contributed by atoms with E-state index in [1.165, 1.54) is 31.9 Å². The molecule has 2 aliphatic rings. The summed E-state index contributed by atoms with van der Waals surface area (Å²) in [5.41, 5.74) is 6.55. The number of benzene rings is 4. The molecule has 0 bridgehead atoms. The molecule has 0 unspecified atom stereocenters. The van der Waals surface area contributed by atoms with Crippen molar-refractivity contribution in [2.75, 3.05) is 62.2 Å². The Hall–Kier alpha value is -3.28. The Labute approximate surface area is 373 Å². The van der Waals surface area contributed by atoms with E-state index in [4.69, 9.17) is 56.4 Å². The topological polar surface area (TPSA) is 107 Å². The molecule has 2 fully saturated rings. The van der Waals surface area contributed by atoms with Crippen molar-refractivity contribution in [3.8, 4) is 22.5 Å². The summed E-state index contributed by atoms with van der Waals surface area (Å²) in [4.78, 5) is 13.9. The molecule has 4 heterocycles. The van der Waals surface area contributed by atoms with Crippen molar-refractivity contribution in [2.45, 2.75) is 30.1 Å². The first-order valence-corrected chi connectivity index (χ1v) is 24.9. The van der Waals surface area contributed by atoms with E-state index in [-0.39, 0.29) is 29.9 Å². The van der Waals surface area contributed by atoms with Crippen LogP contribution in [-0.2, 0) is 26.5 Å². The Balaban J connectivity index is 0.000000179. The first-order chi connectivity index (χ1) is 28.3. The smallest absolute Gasteiger partial charge is 0.244 e. The van der Waals surface area contributed by atoms with Gasteiger partial charge < -0.3 is 9.80 Å². The maximum atomic E-state index is 13.0. The number of nitrogens with zero attached hydrogens (tertiary/aromatic N) is 6. The van der Waals surface area contributed by atoms with Crippen LogP contribution in [0.1, 0.15) is 18.1 Å². The van der Waals surface area contributed by atoms with E-state index in [2.05, 4.69) is 72.2 Å². The molecule has 10 nitrogen and oxygen atoms in total. The van der Waals surface area contributed by atoms with Crippen LogP contribution in [-0.4, -0.2) is 87.8 Å². The molecule has 0 atom stereocenters. The van der Waals surface area contributed by atoms with Crippen molar-refractivity contribution >= 4 is 99.4 Å². The fraction of sp³-hybridized carbons (Fsp3) is 0.268. The summed E-state index contributed by atoms with van der Waals surface area (Å²) in [7, 11) is -7.38. The summed E-state index contributed by atoms with van der Waals surface area (Å²) in [5.74, 6) is 0. The van der Waals surface area contributed by atoms with Crippen LogP contribution >= 0.6 is 69.1 Å². The summed E-state index contributed by atoms with van der Waals surface area (Å²) in [6, 6.07) is 26.0. The van der Waals surface area contributed by atoms with Gasteiger partial charge in [-0.05, 0) is 43.2 Å². The van der Waals surface area contributed by atoms with Crippen LogP contribution in [0.4, 0.5) is 10.3 Å². The van der Waals surface area contributed by atoms with Gasteiger partial charge in [0.05, 0.1) is 31.5 Å². The number of aromatic nitrogens is 2. The lowest BCUT2D eigenvalue weighted by molar-refractivity contribution is 0.384. The molecular formula is C41H40Cl4N6O4S4. The molecule has 8 rings (SSSR count). The summed E-state index contributed by atoms with van der Waals surface area (Å²) >= 11 is 27.4. The van der Waals surface area contributed by atoms with Gasteiger partial charge in [-0.2, -0.15) is 8.61 Å². The minimum Gasteiger partial charge on any atom is -0.345 e. The van der Waals surface area contributed by atoms with Crippen LogP contribution in [0, 0.1) is 6.92 Å². The van der Waals surface area contributed by atoms with E-state index in [9.17, 15) is 16.8 Å². The first kappa shape index (κ1) is 43.8. The van der Waals surface area contributed by atoms with Gasteiger partial charge in [-0.15, -0.1) is 22.7 Å². The maximum Gasteiger partial charge on any atom is 0.244 e. The van der Waals surface area contributed by atoms with Crippen molar-refractivity contribution < 1.29 is 16.8 Å². The highest BCUT2D eigenvalue weighted by molar-refractivity contribution is 7.89. The maximum absolute atomic E-state index is 13.0. The fourth-order valence-corrected chi connectivity index (χ4v) is 12.7. The van der Waals surface area contributed by atoms with Gasteiger partial charge in [0.15, 0.2) is 10.3 Å². The van der Waals surface area contributed by atoms with Gasteiger partial charge in [0.25, 0.3) is 0 Å². The number of halogens is 4. The van der Waals surface area contributed by atoms with Gasteiger partial charge in [0.2, 0.25) is 20.0 Å². The van der Waals surface area contributed by atoms with Crippen molar-refractivity contribution in [1.82, 2.24) is 18.6 Å². The van der Waals surface area contributed by atoms with Gasteiger partial charge in [-0.25, -0.2) is 26.8 Å². The standard InChI is InChI=1S/C21H21Cl2N3O2S2.C20H19Cl2N3O2S2/c1-2-15-6-8-16(9-7-15)18-14-29-21(24-18)25-10-12-26(13-11-25)30(27,28)19-5-3-4-17(22)20(19)23;1-14-5-7-15(8-6-14)17-13-28-20(23-17)24-9-11-25(12-10-24)29(26,27)18-4-2-3-16(21)19(18)22/h3-9,14H,2,10-13H2,1H3;2-8,13H,9-12H2,1H3. The van der Waals surface area contributed by atoms with Gasteiger partial charge in [0, 0.05) is 74.2 Å². The Morgan fingerprint density at radius 2 is 0.949 bits per heavy atom. The number of sulfonamides is 2. The number of piperazine rings is 2. The average molecular weight is 951 g/mol. The number of aryl methyl sites for hydroxylation is 2. The van der Waals surface area contributed by atoms with Crippen molar-refractivity contribution in [2.24, 2.45) is 0 Å². The van der Waals surface area contributed by atoms with Crippen LogP contribution < -0.4 is 9.80 Å². The van der Waals surface area contributed by atoms with Crippen molar-refractivity contribution in [3.05, 3.63) is 127 Å². The lowest BCUT2D eigenvalue weighted by atomic mass is 10.1. The zero-order chi connectivity index (χ0) is 41.9. The SMILES string of the molecule is CCc1ccc(-c2csc(N3CCN(S(=O)(=O)c4cccc(Cl)c4Cl)CC3)n2)cc1.Cc1ccc(-c2csc(N3CCN(S(=O)(=O)c4cccc(Cl)c4Cl)CC3)n2)cc1. The molecule has 0 radical (unpaired) electrons. The molecule has 0 aliphatic carbocycles. The third-order valence-electron chi connectivity index (χ3n) is 10.1. The number of hydrogen-bond acceptors (Lipinski definition) is 10. The van der Waals surface area contributed by atoms with Crippen LogP contribution in [0.25, 0.3) is 22.5 Å². The largest absolute Gasteiger partial charge is 0.345 e. The highest BCUT2D eigenvalue weighted by Gasteiger charge is 2.33. The number of anilines is 2. The van der Waals surface area contributed by atoms with Gasteiger partial charge >= 0.3 is 0 Å². The van der Waals surface area contributed by atoms with Gasteiger partial charge in [-0.1, -0.05) is 120 Å². The molecule has 0 spiro atoms. The molecule has 59 heavy (non-hydrogen) atoms. The van der Waals surface area contributed by atoms with Gasteiger partial charge in [0.1, 0.15) is 9.79 Å². The number of hydrogen-bond donors (Lipinski definition) is 0. The monoisotopic (exact) mass is 948 g/mol. The molecule has 2 saturated heterocycles. The predicted molar refractivity (Wildman–Crippen MR) is 244 cm³/mol. The summed E-state index contributed by atoms with van der Waals surface area (Å²) in [6.45, 7) is 7.93. The van der Waals surface area contributed by atoms with E-state index < -0.39 is 20.0 Å². The summed E-state index contributed by atoms with van der Waals surface area (Å²) in [6.07, 6.45) is 1.01. The molecule has 2 aromatic heterocycles. The number of rotatable bonds is 9. The highest BCUT2D eigenvalue weighted by atomic mass is 35.5. The molecular weight excluding hydrogens is 911 g/mol. The van der Waals surface area contributed by atoms with Crippen molar-refractivity contribution in [3.63, 3.8) is 0 Å². The molecule has 0 saturated carbocycles. The predicted octanol–water partition coefficient (Wildman–Crippen LogP) is 10.1. The third-order valence-corrected chi connectivity index (χ3v) is 17.6. The second kappa shape index (κ2) is 18.8. The summed E-state index contributed by atoms with van der Waals surface area (Å²) < 4.78 is 54.8. The fourth-order valence-electron chi connectivity index (χ4n) is 6.60. The molecule has 0 amide bonds. The lowest BCUT2D eigenvalue weighted by Gasteiger charge is -2.34. The average Bonchev–Trinajstić information content (AvgIpc) is 3.95. The zero-order valence-electron chi connectivity index (χ0n) is 32.1.